The van der Waals surface area contributed by atoms with Crippen molar-refractivity contribution in [3.8, 4) is 5.75 Å². The Balaban J connectivity index is 1.75. The highest BCUT2D eigenvalue weighted by Crippen LogP contribution is 2.34. The molecule has 1 aliphatic rings. The molecular formula is C15H13BrN2O. The average Bonchev–Trinajstić information content (AvgIpc) is 2.89. The molecule has 4 heteroatoms. The first-order valence-electron chi connectivity index (χ1n) is 6.12. The summed E-state index contributed by atoms with van der Waals surface area (Å²) in [5.74, 6) is 0.966. The Morgan fingerprint density at radius 2 is 2.05 bits per heavy atom. The molecule has 0 saturated carbocycles. The standard InChI is InChI=1S/C15H13BrN2O/c16-14-9-11(8-12-6-7-19-15(12)14)10-17-18-13-4-2-1-3-5-13/h1-5,8-10,18H,6-7H2. The SMILES string of the molecule is Brc1cc(C=NNc2ccccc2)cc2c1OCC2. The predicted octanol–water partition coefficient (Wildman–Crippen LogP) is 3.83. The molecule has 0 bridgehead atoms. The van der Waals surface area contributed by atoms with Gasteiger partial charge in [-0.15, -0.1) is 0 Å². The molecule has 0 unspecified atom stereocenters. The first kappa shape index (κ1) is 12.2. The highest BCUT2D eigenvalue weighted by atomic mass is 79.9. The summed E-state index contributed by atoms with van der Waals surface area (Å²) in [6.07, 6.45) is 2.78. The maximum absolute atomic E-state index is 5.55. The van der Waals surface area contributed by atoms with Gasteiger partial charge in [-0.05, 0) is 51.3 Å². The highest BCUT2D eigenvalue weighted by molar-refractivity contribution is 9.10. The van der Waals surface area contributed by atoms with Crippen LogP contribution < -0.4 is 10.2 Å². The van der Waals surface area contributed by atoms with Gasteiger partial charge >= 0.3 is 0 Å². The molecule has 0 spiro atoms. The largest absolute Gasteiger partial charge is 0.492 e. The van der Waals surface area contributed by atoms with Crippen LogP contribution in [-0.2, 0) is 6.42 Å². The van der Waals surface area contributed by atoms with Crippen LogP contribution in [0.25, 0.3) is 0 Å². The van der Waals surface area contributed by atoms with Gasteiger partial charge in [0.15, 0.2) is 0 Å². The molecule has 1 aliphatic heterocycles. The van der Waals surface area contributed by atoms with Crippen LogP contribution >= 0.6 is 15.9 Å². The number of ether oxygens (including phenoxy) is 1. The topological polar surface area (TPSA) is 33.6 Å². The van der Waals surface area contributed by atoms with E-state index in [9.17, 15) is 0 Å². The van der Waals surface area contributed by atoms with E-state index in [1.807, 2.05) is 42.6 Å². The van der Waals surface area contributed by atoms with Gasteiger partial charge in [0, 0.05) is 6.42 Å². The number of fused-ring (bicyclic) bond motifs is 1. The molecule has 0 radical (unpaired) electrons. The van der Waals surface area contributed by atoms with Gasteiger partial charge < -0.3 is 4.74 Å². The Bertz CT molecular complexity index is 611. The minimum absolute atomic E-state index is 0.761. The van der Waals surface area contributed by atoms with Gasteiger partial charge in [-0.2, -0.15) is 5.10 Å². The fraction of sp³-hybridized carbons (Fsp3) is 0.133. The number of hydrazone groups is 1. The Labute approximate surface area is 120 Å². The van der Waals surface area contributed by atoms with E-state index in [2.05, 4.69) is 32.5 Å². The molecule has 0 fully saturated rings. The Hall–Kier alpha value is -1.81. The van der Waals surface area contributed by atoms with Gasteiger partial charge in [0.2, 0.25) is 0 Å². The predicted molar refractivity (Wildman–Crippen MR) is 81.0 cm³/mol. The number of halogens is 1. The summed E-state index contributed by atoms with van der Waals surface area (Å²) in [6.45, 7) is 0.761. The van der Waals surface area contributed by atoms with Crippen LogP contribution in [0.1, 0.15) is 11.1 Å². The summed E-state index contributed by atoms with van der Waals surface area (Å²) in [6, 6.07) is 14.0. The van der Waals surface area contributed by atoms with Gasteiger partial charge in [-0.1, -0.05) is 18.2 Å². The maximum atomic E-state index is 5.55. The van der Waals surface area contributed by atoms with Crippen molar-refractivity contribution in [3.63, 3.8) is 0 Å². The maximum Gasteiger partial charge on any atom is 0.136 e. The second-order valence-corrected chi connectivity index (χ2v) is 5.18. The number of para-hydroxylation sites is 1. The fourth-order valence-corrected chi connectivity index (χ4v) is 2.69. The van der Waals surface area contributed by atoms with E-state index >= 15 is 0 Å². The van der Waals surface area contributed by atoms with Crippen LogP contribution in [0.5, 0.6) is 5.75 Å². The normalized spacial score (nSPS) is 13.3. The monoisotopic (exact) mass is 316 g/mol. The minimum atomic E-state index is 0.761. The second kappa shape index (κ2) is 5.45. The van der Waals surface area contributed by atoms with Gasteiger partial charge in [-0.25, -0.2) is 0 Å². The lowest BCUT2D eigenvalue weighted by molar-refractivity contribution is 0.355. The molecule has 3 nitrogen and oxygen atoms in total. The summed E-state index contributed by atoms with van der Waals surface area (Å²) >= 11 is 3.53. The van der Waals surface area contributed by atoms with Gasteiger partial charge in [-0.3, -0.25) is 5.43 Å². The van der Waals surface area contributed by atoms with Crippen LogP contribution in [0.15, 0.2) is 52.0 Å². The second-order valence-electron chi connectivity index (χ2n) is 4.33. The molecule has 0 aliphatic carbocycles. The lowest BCUT2D eigenvalue weighted by atomic mass is 10.1. The van der Waals surface area contributed by atoms with Crippen molar-refractivity contribution < 1.29 is 4.74 Å². The van der Waals surface area contributed by atoms with Crippen molar-refractivity contribution in [1.82, 2.24) is 0 Å². The molecule has 96 valence electrons. The third-order valence-electron chi connectivity index (χ3n) is 2.94. The number of hydrogen-bond donors (Lipinski definition) is 1. The zero-order valence-electron chi connectivity index (χ0n) is 10.3. The third kappa shape index (κ3) is 2.79. The molecule has 0 aromatic heterocycles. The van der Waals surface area contributed by atoms with E-state index in [-0.39, 0.29) is 0 Å². The van der Waals surface area contributed by atoms with Crippen molar-refractivity contribution in [1.29, 1.82) is 0 Å². The quantitative estimate of drug-likeness (QED) is 0.689. The highest BCUT2D eigenvalue weighted by Gasteiger charge is 2.15. The van der Waals surface area contributed by atoms with Gasteiger partial charge in [0.25, 0.3) is 0 Å². The van der Waals surface area contributed by atoms with Crippen molar-refractivity contribution in [2.75, 3.05) is 12.0 Å². The van der Waals surface area contributed by atoms with E-state index in [0.29, 0.717) is 0 Å². The molecule has 0 atom stereocenters. The number of nitrogens with zero attached hydrogens (tertiary/aromatic N) is 1. The van der Waals surface area contributed by atoms with Crippen molar-refractivity contribution >= 4 is 27.8 Å². The molecular weight excluding hydrogens is 304 g/mol. The number of nitrogens with one attached hydrogen (secondary N) is 1. The molecule has 1 N–H and O–H groups in total. The lowest BCUT2D eigenvalue weighted by Gasteiger charge is -2.04. The first-order valence-corrected chi connectivity index (χ1v) is 6.91. The average molecular weight is 317 g/mol. The number of benzene rings is 2. The fourth-order valence-electron chi connectivity index (χ4n) is 2.05. The molecule has 0 amide bonds. The van der Waals surface area contributed by atoms with E-state index in [0.717, 1.165) is 34.5 Å². The van der Waals surface area contributed by atoms with Gasteiger partial charge in [0.05, 0.1) is 23.0 Å². The smallest absolute Gasteiger partial charge is 0.136 e. The number of rotatable bonds is 3. The van der Waals surface area contributed by atoms with Crippen molar-refractivity contribution in [3.05, 3.63) is 58.1 Å². The first-order chi connectivity index (χ1) is 9.33. The summed E-state index contributed by atoms with van der Waals surface area (Å²) in [7, 11) is 0. The lowest BCUT2D eigenvalue weighted by Crippen LogP contribution is -1.91. The molecule has 0 saturated heterocycles. The van der Waals surface area contributed by atoms with Crippen LogP contribution in [0.3, 0.4) is 0 Å². The van der Waals surface area contributed by atoms with Crippen LogP contribution in [0, 0.1) is 0 Å². The Morgan fingerprint density at radius 3 is 2.89 bits per heavy atom. The Morgan fingerprint density at radius 1 is 1.21 bits per heavy atom. The van der Waals surface area contributed by atoms with Crippen LogP contribution in [0.2, 0.25) is 0 Å². The zero-order valence-corrected chi connectivity index (χ0v) is 11.9. The summed E-state index contributed by atoms with van der Waals surface area (Å²) in [5, 5.41) is 4.24. The van der Waals surface area contributed by atoms with Crippen molar-refractivity contribution in [2.24, 2.45) is 5.10 Å². The summed E-state index contributed by atoms with van der Waals surface area (Å²) in [5.41, 5.74) is 6.26. The van der Waals surface area contributed by atoms with Crippen LogP contribution in [0.4, 0.5) is 5.69 Å². The third-order valence-corrected chi connectivity index (χ3v) is 3.53. The van der Waals surface area contributed by atoms with Crippen molar-refractivity contribution in [2.45, 2.75) is 6.42 Å². The van der Waals surface area contributed by atoms with E-state index in [1.54, 1.807) is 0 Å². The zero-order chi connectivity index (χ0) is 13.1. The molecule has 3 rings (SSSR count). The number of hydrogen-bond acceptors (Lipinski definition) is 3. The van der Waals surface area contributed by atoms with E-state index in [4.69, 9.17) is 4.74 Å². The summed E-state index contributed by atoms with van der Waals surface area (Å²) in [4.78, 5) is 0. The Kier molecular flexibility index (Phi) is 3.51. The molecule has 2 aromatic rings. The van der Waals surface area contributed by atoms with E-state index < -0.39 is 0 Å². The van der Waals surface area contributed by atoms with Crippen LogP contribution in [-0.4, -0.2) is 12.8 Å². The molecule has 19 heavy (non-hydrogen) atoms. The minimum Gasteiger partial charge on any atom is -0.492 e. The molecule has 2 aromatic carbocycles. The van der Waals surface area contributed by atoms with Gasteiger partial charge in [0.1, 0.15) is 5.75 Å². The number of anilines is 1. The summed E-state index contributed by atoms with van der Waals surface area (Å²) < 4.78 is 6.54. The van der Waals surface area contributed by atoms with E-state index in [1.165, 1.54) is 5.56 Å². The molecule has 1 heterocycles.